The normalized spacial score (nSPS) is 15.6. The minimum absolute atomic E-state index is 0.805. The van der Waals surface area contributed by atoms with Gasteiger partial charge in [0, 0.05) is 6.54 Å². The number of benzene rings is 1. The van der Waals surface area contributed by atoms with Crippen LogP contribution in [-0.2, 0) is 6.54 Å². The Bertz CT molecular complexity index is 316. The van der Waals surface area contributed by atoms with Crippen molar-refractivity contribution in [3.63, 3.8) is 0 Å². The largest absolute Gasteiger partial charge is 0.494 e. The van der Waals surface area contributed by atoms with Crippen LogP contribution in [0.5, 0.6) is 5.75 Å². The summed E-state index contributed by atoms with van der Waals surface area (Å²) >= 11 is 0. The molecule has 1 aromatic rings. The van der Waals surface area contributed by atoms with Crippen molar-refractivity contribution < 1.29 is 4.74 Å². The van der Waals surface area contributed by atoms with E-state index in [1.165, 1.54) is 31.4 Å². The van der Waals surface area contributed by atoms with Crippen LogP contribution in [0.3, 0.4) is 0 Å². The first-order valence-corrected chi connectivity index (χ1v) is 6.81. The van der Waals surface area contributed by atoms with Gasteiger partial charge in [0.15, 0.2) is 0 Å². The minimum Gasteiger partial charge on any atom is -0.494 e. The molecule has 0 amide bonds. The third-order valence-corrected chi connectivity index (χ3v) is 3.38. The molecule has 2 rings (SSSR count). The van der Waals surface area contributed by atoms with Crippen molar-refractivity contribution in [2.45, 2.75) is 39.2 Å². The smallest absolute Gasteiger partial charge is 0.119 e. The molecule has 0 atom stereocenters. The van der Waals surface area contributed by atoms with Gasteiger partial charge >= 0.3 is 0 Å². The SMILES string of the molecule is CCCOc1ccc(CNCC2CCC2)cc1. The molecule has 94 valence electrons. The monoisotopic (exact) mass is 233 g/mol. The Morgan fingerprint density at radius 2 is 2.00 bits per heavy atom. The summed E-state index contributed by atoms with van der Waals surface area (Å²) in [6.45, 7) is 5.08. The molecule has 0 heterocycles. The lowest BCUT2D eigenvalue weighted by atomic mass is 9.85. The van der Waals surface area contributed by atoms with Gasteiger partial charge in [0.2, 0.25) is 0 Å². The molecule has 0 unspecified atom stereocenters. The molecular formula is C15H23NO. The van der Waals surface area contributed by atoms with E-state index in [1.54, 1.807) is 0 Å². The van der Waals surface area contributed by atoms with Gasteiger partial charge in [0.25, 0.3) is 0 Å². The highest BCUT2D eigenvalue weighted by molar-refractivity contribution is 5.27. The molecule has 2 heteroatoms. The first-order chi connectivity index (χ1) is 8.38. The van der Waals surface area contributed by atoms with Crippen LogP contribution in [0.2, 0.25) is 0 Å². The molecular weight excluding hydrogens is 210 g/mol. The van der Waals surface area contributed by atoms with Gasteiger partial charge in [-0.1, -0.05) is 25.5 Å². The van der Waals surface area contributed by atoms with Gasteiger partial charge in [-0.3, -0.25) is 0 Å². The van der Waals surface area contributed by atoms with Gasteiger partial charge in [-0.2, -0.15) is 0 Å². The predicted molar refractivity (Wildman–Crippen MR) is 71.3 cm³/mol. The molecule has 1 aliphatic carbocycles. The summed E-state index contributed by atoms with van der Waals surface area (Å²) < 4.78 is 5.56. The molecule has 2 nitrogen and oxygen atoms in total. The Morgan fingerprint density at radius 1 is 1.24 bits per heavy atom. The molecule has 0 spiro atoms. The minimum atomic E-state index is 0.805. The van der Waals surface area contributed by atoms with Gasteiger partial charge < -0.3 is 10.1 Å². The van der Waals surface area contributed by atoms with Crippen LogP contribution < -0.4 is 10.1 Å². The number of rotatable bonds is 7. The van der Waals surface area contributed by atoms with E-state index in [0.29, 0.717) is 0 Å². The first-order valence-electron chi connectivity index (χ1n) is 6.81. The van der Waals surface area contributed by atoms with Gasteiger partial charge in [-0.25, -0.2) is 0 Å². The van der Waals surface area contributed by atoms with Crippen molar-refractivity contribution in [1.29, 1.82) is 0 Å². The summed E-state index contributed by atoms with van der Waals surface area (Å²) in [5.41, 5.74) is 1.34. The number of ether oxygens (including phenoxy) is 1. The molecule has 1 aliphatic rings. The van der Waals surface area contributed by atoms with E-state index in [-0.39, 0.29) is 0 Å². The van der Waals surface area contributed by atoms with Gasteiger partial charge in [-0.15, -0.1) is 0 Å². The van der Waals surface area contributed by atoms with E-state index in [9.17, 15) is 0 Å². The Kier molecular flexibility index (Phi) is 4.87. The van der Waals surface area contributed by atoms with Crippen molar-refractivity contribution in [2.75, 3.05) is 13.2 Å². The lowest BCUT2D eigenvalue weighted by Crippen LogP contribution is -2.26. The zero-order valence-electron chi connectivity index (χ0n) is 10.7. The second-order valence-corrected chi connectivity index (χ2v) is 4.92. The zero-order chi connectivity index (χ0) is 11.9. The maximum absolute atomic E-state index is 5.56. The average molecular weight is 233 g/mol. The molecule has 0 saturated heterocycles. The summed E-state index contributed by atoms with van der Waals surface area (Å²) in [6, 6.07) is 8.43. The fourth-order valence-corrected chi connectivity index (χ4v) is 2.04. The number of hydrogen-bond donors (Lipinski definition) is 1. The molecule has 0 aromatic heterocycles. The summed E-state index contributed by atoms with van der Waals surface area (Å²) in [5.74, 6) is 1.91. The van der Waals surface area contributed by atoms with E-state index in [2.05, 4.69) is 36.5 Å². The van der Waals surface area contributed by atoms with Gasteiger partial charge in [0.05, 0.1) is 6.61 Å². The molecule has 1 aromatic carbocycles. The van der Waals surface area contributed by atoms with Crippen molar-refractivity contribution in [3.05, 3.63) is 29.8 Å². The first kappa shape index (κ1) is 12.4. The Hall–Kier alpha value is -1.02. The molecule has 17 heavy (non-hydrogen) atoms. The van der Waals surface area contributed by atoms with Crippen molar-refractivity contribution in [3.8, 4) is 5.75 Å². The summed E-state index contributed by atoms with van der Waals surface area (Å²) in [6.07, 6.45) is 5.31. The van der Waals surface area contributed by atoms with E-state index in [0.717, 1.165) is 31.2 Å². The summed E-state index contributed by atoms with van der Waals surface area (Å²) in [4.78, 5) is 0. The molecule has 0 aliphatic heterocycles. The fourth-order valence-electron chi connectivity index (χ4n) is 2.04. The summed E-state index contributed by atoms with van der Waals surface area (Å²) in [5, 5.41) is 3.53. The number of hydrogen-bond acceptors (Lipinski definition) is 2. The quantitative estimate of drug-likeness (QED) is 0.779. The predicted octanol–water partition coefficient (Wildman–Crippen LogP) is 3.37. The van der Waals surface area contributed by atoms with Crippen LogP contribution in [0.4, 0.5) is 0 Å². The molecule has 1 fully saturated rings. The third-order valence-electron chi connectivity index (χ3n) is 3.38. The topological polar surface area (TPSA) is 21.3 Å². The van der Waals surface area contributed by atoms with Gasteiger partial charge in [-0.05, 0) is 49.4 Å². The van der Waals surface area contributed by atoms with E-state index < -0.39 is 0 Å². The van der Waals surface area contributed by atoms with Crippen LogP contribution in [0.1, 0.15) is 38.2 Å². The number of nitrogens with one attached hydrogen (secondary N) is 1. The van der Waals surface area contributed by atoms with E-state index in [1.807, 2.05) is 0 Å². The maximum Gasteiger partial charge on any atom is 0.119 e. The Labute approximate surface area is 104 Å². The fraction of sp³-hybridized carbons (Fsp3) is 0.600. The van der Waals surface area contributed by atoms with Gasteiger partial charge in [0.1, 0.15) is 5.75 Å². The Balaban J connectivity index is 1.69. The second-order valence-electron chi connectivity index (χ2n) is 4.92. The lowest BCUT2D eigenvalue weighted by Gasteiger charge is -2.25. The van der Waals surface area contributed by atoms with Crippen LogP contribution in [-0.4, -0.2) is 13.2 Å². The molecule has 1 saturated carbocycles. The third kappa shape index (κ3) is 4.04. The van der Waals surface area contributed by atoms with Crippen LogP contribution in [0, 0.1) is 5.92 Å². The van der Waals surface area contributed by atoms with Crippen LogP contribution in [0.15, 0.2) is 24.3 Å². The molecule has 0 radical (unpaired) electrons. The molecule has 0 bridgehead atoms. The highest BCUT2D eigenvalue weighted by Crippen LogP contribution is 2.25. The van der Waals surface area contributed by atoms with Crippen molar-refractivity contribution >= 4 is 0 Å². The highest BCUT2D eigenvalue weighted by atomic mass is 16.5. The second kappa shape index (κ2) is 6.65. The zero-order valence-corrected chi connectivity index (χ0v) is 10.7. The van der Waals surface area contributed by atoms with Crippen molar-refractivity contribution in [1.82, 2.24) is 5.32 Å². The van der Waals surface area contributed by atoms with Crippen LogP contribution in [0.25, 0.3) is 0 Å². The Morgan fingerprint density at radius 3 is 2.59 bits per heavy atom. The lowest BCUT2D eigenvalue weighted by molar-refractivity contribution is 0.301. The van der Waals surface area contributed by atoms with Crippen molar-refractivity contribution in [2.24, 2.45) is 5.92 Å². The average Bonchev–Trinajstić information content (AvgIpc) is 2.31. The highest BCUT2D eigenvalue weighted by Gasteiger charge is 2.16. The standard InChI is InChI=1S/C15H23NO/c1-2-10-17-15-8-6-14(7-9-15)12-16-11-13-4-3-5-13/h6-9,13,16H,2-5,10-12H2,1H3. The van der Waals surface area contributed by atoms with Crippen LogP contribution >= 0.6 is 0 Å². The molecule has 1 N–H and O–H groups in total. The van der Waals surface area contributed by atoms with E-state index in [4.69, 9.17) is 4.74 Å². The summed E-state index contributed by atoms with van der Waals surface area (Å²) in [7, 11) is 0. The van der Waals surface area contributed by atoms with E-state index >= 15 is 0 Å². The maximum atomic E-state index is 5.56.